The van der Waals surface area contributed by atoms with E-state index in [1.54, 1.807) is 66.4 Å². The molecule has 1 unspecified atom stereocenters. The number of nitrogens with one attached hydrogen (secondary N) is 2. The molecule has 0 aliphatic rings. The van der Waals surface area contributed by atoms with E-state index >= 15 is 0 Å². The van der Waals surface area contributed by atoms with Crippen LogP contribution in [0.25, 0.3) is 0 Å². The summed E-state index contributed by atoms with van der Waals surface area (Å²) in [7, 11) is 0. The number of nitrogens with zero attached hydrogens (tertiary/aromatic N) is 1. The summed E-state index contributed by atoms with van der Waals surface area (Å²) in [5, 5.41) is 3.10. The van der Waals surface area contributed by atoms with Crippen molar-refractivity contribution >= 4 is 34.9 Å². The number of ether oxygens (including phenoxy) is 2. The summed E-state index contributed by atoms with van der Waals surface area (Å²) < 4.78 is 11.0. The first-order chi connectivity index (χ1) is 15.4. The van der Waals surface area contributed by atoms with Gasteiger partial charge < -0.3 is 9.47 Å². The van der Waals surface area contributed by atoms with Crippen molar-refractivity contribution in [1.82, 2.24) is 15.8 Å². The standard InChI is InChI=1S/C23H25N3O4S2/c1-4-29-19-7-9-20(10-8-19)30-15(2)22(27)25-26-23(28)17-5-11-21(12-6-17)32-14-18-13-31-16(3)24-18/h5-13,15H,4,14H2,1-3H3,(H,25,27)(H,26,28). The lowest BCUT2D eigenvalue weighted by Crippen LogP contribution is -2.47. The topological polar surface area (TPSA) is 89.5 Å². The lowest BCUT2D eigenvalue weighted by atomic mass is 10.2. The van der Waals surface area contributed by atoms with Gasteiger partial charge in [-0.3, -0.25) is 20.4 Å². The first-order valence-corrected chi connectivity index (χ1v) is 11.9. The Kier molecular flexibility index (Phi) is 8.52. The van der Waals surface area contributed by atoms with Gasteiger partial charge in [0.05, 0.1) is 17.3 Å². The molecule has 3 rings (SSSR count). The molecule has 0 fully saturated rings. The van der Waals surface area contributed by atoms with Gasteiger partial charge in [-0.25, -0.2) is 4.98 Å². The summed E-state index contributed by atoms with van der Waals surface area (Å²) in [5.74, 6) is 1.17. The Morgan fingerprint density at radius 1 is 1.06 bits per heavy atom. The van der Waals surface area contributed by atoms with Crippen LogP contribution in [0.2, 0.25) is 0 Å². The maximum Gasteiger partial charge on any atom is 0.279 e. The fraction of sp³-hybridized carbons (Fsp3) is 0.261. The zero-order chi connectivity index (χ0) is 22.9. The van der Waals surface area contributed by atoms with Gasteiger partial charge in [0, 0.05) is 21.6 Å². The van der Waals surface area contributed by atoms with Crippen molar-refractivity contribution in [3.8, 4) is 11.5 Å². The van der Waals surface area contributed by atoms with E-state index in [-0.39, 0.29) is 0 Å². The van der Waals surface area contributed by atoms with Crippen LogP contribution in [0.1, 0.15) is 34.9 Å². The number of benzene rings is 2. The molecule has 2 aromatic carbocycles. The third kappa shape index (κ3) is 7.00. The van der Waals surface area contributed by atoms with Gasteiger partial charge in [-0.1, -0.05) is 0 Å². The number of thioether (sulfide) groups is 1. The van der Waals surface area contributed by atoms with Crippen LogP contribution in [0.3, 0.4) is 0 Å². The molecular weight excluding hydrogens is 446 g/mol. The molecule has 2 N–H and O–H groups in total. The molecule has 168 valence electrons. The van der Waals surface area contributed by atoms with Crippen LogP contribution in [0.15, 0.2) is 58.8 Å². The minimum absolute atomic E-state index is 0.404. The number of carbonyl (C=O) groups is 2. The Hall–Kier alpha value is -3.04. The number of hydrogen-bond acceptors (Lipinski definition) is 7. The predicted octanol–water partition coefficient (Wildman–Crippen LogP) is 4.37. The normalized spacial score (nSPS) is 11.5. The minimum atomic E-state index is -0.790. The second-order valence-corrected chi connectivity index (χ2v) is 8.89. The number of amides is 2. The molecule has 1 aromatic heterocycles. The Labute approximate surface area is 195 Å². The second-order valence-electron chi connectivity index (χ2n) is 6.78. The van der Waals surface area contributed by atoms with Gasteiger partial charge in [-0.2, -0.15) is 0 Å². The fourth-order valence-corrected chi connectivity index (χ4v) is 4.17. The highest BCUT2D eigenvalue weighted by molar-refractivity contribution is 7.98. The molecule has 3 aromatic rings. The summed E-state index contributed by atoms with van der Waals surface area (Å²) in [6, 6.07) is 14.2. The third-order valence-electron chi connectivity index (χ3n) is 4.29. The summed E-state index contributed by atoms with van der Waals surface area (Å²) in [4.78, 5) is 30.0. The molecule has 7 nitrogen and oxygen atoms in total. The molecule has 0 saturated carbocycles. The van der Waals surface area contributed by atoms with E-state index < -0.39 is 17.9 Å². The average Bonchev–Trinajstić information content (AvgIpc) is 3.22. The van der Waals surface area contributed by atoms with Crippen LogP contribution in [0, 0.1) is 6.92 Å². The molecule has 1 heterocycles. The Morgan fingerprint density at radius 2 is 1.75 bits per heavy atom. The van der Waals surface area contributed by atoms with E-state index in [9.17, 15) is 9.59 Å². The van der Waals surface area contributed by atoms with Gasteiger partial charge in [-0.15, -0.1) is 23.1 Å². The van der Waals surface area contributed by atoms with Crippen LogP contribution >= 0.6 is 23.1 Å². The van der Waals surface area contributed by atoms with E-state index in [0.29, 0.717) is 17.9 Å². The van der Waals surface area contributed by atoms with Crippen LogP contribution in [0.5, 0.6) is 11.5 Å². The number of hydrazine groups is 1. The van der Waals surface area contributed by atoms with Crippen molar-refractivity contribution in [2.24, 2.45) is 0 Å². The van der Waals surface area contributed by atoms with E-state index in [0.717, 1.165) is 27.1 Å². The SMILES string of the molecule is CCOc1ccc(OC(C)C(=O)NNC(=O)c2ccc(SCc3csc(C)n3)cc2)cc1. The number of aromatic nitrogens is 1. The highest BCUT2D eigenvalue weighted by Crippen LogP contribution is 2.24. The third-order valence-corrected chi connectivity index (χ3v) is 6.15. The zero-order valence-corrected chi connectivity index (χ0v) is 19.7. The smallest absolute Gasteiger partial charge is 0.279 e. The molecule has 1 atom stereocenters. The van der Waals surface area contributed by atoms with Crippen molar-refractivity contribution in [3.63, 3.8) is 0 Å². The molecule has 2 amide bonds. The van der Waals surface area contributed by atoms with Gasteiger partial charge in [0.25, 0.3) is 11.8 Å². The average molecular weight is 472 g/mol. The predicted molar refractivity (Wildman–Crippen MR) is 126 cm³/mol. The van der Waals surface area contributed by atoms with E-state index in [1.807, 2.05) is 31.4 Å². The monoisotopic (exact) mass is 471 g/mol. The number of rotatable bonds is 9. The first kappa shape index (κ1) is 23.6. The van der Waals surface area contributed by atoms with Crippen molar-refractivity contribution in [2.45, 2.75) is 37.5 Å². The molecule has 0 aliphatic heterocycles. The first-order valence-electron chi connectivity index (χ1n) is 10.1. The van der Waals surface area contributed by atoms with Crippen molar-refractivity contribution in [2.75, 3.05) is 6.61 Å². The minimum Gasteiger partial charge on any atom is -0.494 e. The van der Waals surface area contributed by atoms with Crippen LogP contribution in [0.4, 0.5) is 0 Å². The lowest BCUT2D eigenvalue weighted by Gasteiger charge is -2.15. The fourth-order valence-electron chi connectivity index (χ4n) is 2.67. The Bertz CT molecular complexity index is 1040. The molecule has 32 heavy (non-hydrogen) atoms. The molecule has 0 spiro atoms. The van der Waals surface area contributed by atoms with E-state index in [2.05, 4.69) is 15.8 Å². The van der Waals surface area contributed by atoms with Crippen LogP contribution in [-0.2, 0) is 10.5 Å². The summed E-state index contributed by atoms with van der Waals surface area (Å²) >= 11 is 3.28. The van der Waals surface area contributed by atoms with Crippen molar-refractivity contribution in [3.05, 3.63) is 70.2 Å². The zero-order valence-electron chi connectivity index (χ0n) is 18.1. The number of aryl methyl sites for hydroxylation is 1. The molecule has 0 aliphatic carbocycles. The maximum absolute atomic E-state index is 12.3. The maximum atomic E-state index is 12.3. The molecule has 0 saturated heterocycles. The quantitative estimate of drug-likeness (QED) is 0.356. The van der Waals surface area contributed by atoms with Gasteiger partial charge >= 0.3 is 0 Å². The van der Waals surface area contributed by atoms with Gasteiger partial charge in [0.2, 0.25) is 0 Å². The lowest BCUT2D eigenvalue weighted by molar-refractivity contribution is -0.128. The van der Waals surface area contributed by atoms with Crippen molar-refractivity contribution < 1.29 is 19.1 Å². The highest BCUT2D eigenvalue weighted by Gasteiger charge is 2.16. The molecule has 0 bridgehead atoms. The van der Waals surface area contributed by atoms with Gasteiger partial charge in [-0.05, 0) is 69.3 Å². The summed E-state index contributed by atoms with van der Waals surface area (Å²) in [6.45, 7) is 6.07. The largest absolute Gasteiger partial charge is 0.494 e. The molecule has 9 heteroatoms. The highest BCUT2D eigenvalue weighted by atomic mass is 32.2. The summed E-state index contributed by atoms with van der Waals surface area (Å²) in [5.41, 5.74) is 6.30. The number of carbonyl (C=O) groups excluding carboxylic acids is 2. The second kappa shape index (κ2) is 11.5. The van der Waals surface area contributed by atoms with Crippen molar-refractivity contribution in [1.29, 1.82) is 0 Å². The number of hydrogen-bond donors (Lipinski definition) is 2. The van der Waals surface area contributed by atoms with Gasteiger partial charge in [0.1, 0.15) is 11.5 Å². The molecule has 0 radical (unpaired) electrons. The van der Waals surface area contributed by atoms with Crippen LogP contribution < -0.4 is 20.3 Å². The Morgan fingerprint density at radius 3 is 2.38 bits per heavy atom. The van der Waals surface area contributed by atoms with E-state index in [1.165, 1.54) is 0 Å². The van der Waals surface area contributed by atoms with Crippen LogP contribution in [-0.4, -0.2) is 29.5 Å². The van der Waals surface area contributed by atoms with E-state index in [4.69, 9.17) is 9.47 Å². The van der Waals surface area contributed by atoms with Gasteiger partial charge in [0.15, 0.2) is 6.10 Å². The molecular formula is C23H25N3O4S2. The Balaban J connectivity index is 1.44. The number of thiazole rings is 1. The summed E-state index contributed by atoms with van der Waals surface area (Å²) in [6.07, 6.45) is -0.790.